The van der Waals surface area contributed by atoms with Gasteiger partial charge in [0.2, 0.25) is 10.0 Å². The van der Waals surface area contributed by atoms with Crippen molar-refractivity contribution in [3.8, 4) is 0 Å². The zero-order valence-corrected chi connectivity index (χ0v) is 16.4. The zero-order chi connectivity index (χ0) is 18.9. The molecule has 0 N–H and O–H groups in total. The van der Waals surface area contributed by atoms with E-state index in [9.17, 15) is 13.2 Å². The number of morpholine rings is 1. The van der Waals surface area contributed by atoms with Crippen LogP contribution in [0.3, 0.4) is 0 Å². The Morgan fingerprint density at radius 3 is 2.31 bits per heavy atom. The molecule has 0 aromatic heterocycles. The molecule has 26 heavy (non-hydrogen) atoms. The Hall–Kier alpha value is -1.48. The Balaban J connectivity index is 1.85. The molecular formula is C18H27N3O4S. The van der Waals surface area contributed by atoms with E-state index in [0.29, 0.717) is 45.0 Å². The summed E-state index contributed by atoms with van der Waals surface area (Å²) in [5.41, 5.74) is 0.404. The minimum absolute atomic E-state index is 0.0378. The number of likely N-dealkylation sites (N-methyl/N-ethyl adjacent to an activating group) is 1. The Morgan fingerprint density at radius 2 is 1.69 bits per heavy atom. The fraction of sp³-hybridized carbons (Fsp3) is 0.611. The Kier molecular flexibility index (Phi) is 5.67. The lowest BCUT2D eigenvalue weighted by molar-refractivity contribution is -0.0249. The van der Waals surface area contributed by atoms with Gasteiger partial charge in [0.05, 0.1) is 30.2 Å². The van der Waals surface area contributed by atoms with E-state index in [1.165, 1.54) is 10.4 Å². The van der Waals surface area contributed by atoms with E-state index in [-0.39, 0.29) is 22.9 Å². The Morgan fingerprint density at radius 1 is 1.08 bits per heavy atom. The number of rotatable bonds is 3. The molecule has 1 aromatic rings. The van der Waals surface area contributed by atoms with Gasteiger partial charge in [-0.2, -0.15) is 4.31 Å². The molecule has 1 aromatic carbocycles. The van der Waals surface area contributed by atoms with Gasteiger partial charge in [0.1, 0.15) is 0 Å². The molecule has 0 bridgehead atoms. The second-order valence-electron chi connectivity index (χ2n) is 7.18. The number of carbonyl (C=O) groups is 1. The number of nitrogens with zero attached hydrogens (tertiary/aromatic N) is 3. The predicted octanol–water partition coefficient (Wildman–Crippen LogP) is 0.872. The third kappa shape index (κ3) is 3.78. The van der Waals surface area contributed by atoms with Crippen LogP contribution in [0.25, 0.3) is 0 Å². The first-order valence-corrected chi connectivity index (χ1v) is 10.4. The van der Waals surface area contributed by atoms with E-state index in [4.69, 9.17) is 4.74 Å². The molecule has 2 aliphatic heterocycles. The highest BCUT2D eigenvalue weighted by Crippen LogP contribution is 2.22. The van der Waals surface area contributed by atoms with E-state index < -0.39 is 10.0 Å². The van der Waals surface area contributed by atoms with E-state index in [2.05, 4.69) is 4.90 Å². The van der Waals surface area contributed by atoms with Gasteiger partial charge in [-0.1, -0.05) is 6.07 Å². The summed E-state index contributed by atoms with van der Waals surface area (Å²) >= 11 is 0. The summed E-state index contributed by atoms with van der Waals surface area (Å²) < 4.78 is 32.8. The van der Waals surface area contributed by atoms with Crippen LogP contribution in [-0.4, -0.2) is 87.0 Å². The van der Waals surface area contributed by atoms with Crippen LogP contribution in [0.15, 0.2) is 29.2 Å². The lowest BCUT2D eigenvalue weighted by atomic mass is 10.1. The van der Waals surface area contributed by atoms with Crippen molar-refractivity contribution in [1.82, 2.24) is 14.1 Å². The van der Waals surface area contributed by atoms with Gasteiger partial charge in [0.25, 0.3) is 5.91 Å². The van der Waals surface area contributed by atoms with Gasteiger partial charge < -0.3 is 14.5 Å². The summed E-state index contributed by atoms with van der Waals surface area (Å²) in [5.74, 6) is -0.149. The average Bonchev–Trinajstić information content (AvgIpc) is 2.62. The quantitative estimate of drug-likeness (QED) is 0.777. The maximum absolute atomic E-state index is 13.0. The number of hydrogen-bond acceptors (Lipinski definition) is 5. The lowest BCUT2D eigenvalue weighted by Gasteiger charge is -2.39. The summed E-state index contributed by atoms with van der Waals surface area (Å²) in [5, 5.41) is 0. The van der Waals surface area contributed by atoms with Crippen LogP contribution in [-0.2, 0) is 14.8 Å². The van der Waals surface area contributed by atoms with Crippen molar-refractivity contribution in [1.29, 1.82) is 0 Å². The van der Waals surface area contributed by atoms with E-state index >= 15 is 0 Å². The van der Waals surface area contributed by atoms with Crippen LogP contribution in [0.2, 0.25) is 0 Å². The van der Waals surface area contributed by atoms with Crippen molar-refractivity contribution in [2.45, 2.75) is 30.8 Å². The van der Waals surface area contributed by atoms with Crippen LogP contribution in [0.5, 0.6) is 0 Å². The molecule has 0 radical (unpaired) electrons. The van der Waals surface area contributed by atoms with Gasteiger partial charge in [-0.3, -0.25) is 4.79 Å². The summed E-state index contributed by atoms with van der Waals surface area (Å²) in [6, 6.07) is 6.32. The molecule has 2 saturated heterocycles. The van der Waals surface area contributed by atoms with Gasteiger partial charge >= 0.3 is 0 Å². The van der Waals surface area contributed by atoms with Gasteiger partial charge in [-0.05, 0) is 39.1 Å². The summed E-state index contributed by atoms with van der Waals surface area (Å²) in [6.07, 6.45) is 0. The highest BCUT2D eigenvalue weighted by molar-refractivity contribution is 7.89. The van der Waals surface area contributed by atoms with Gasteiger partial charge in [0.15, 0.2) is 0 Å². The molecule has 2 aliphatic rings. The van der Waals surface area contributed by atoms with Crippen molar-refractivity contribution < 1.29 is 17.9 Å². The highest BCUT2D eigenvalue weighted by Gasteiger charge is 2.32. The van der Waals surface area contributed by atoms with Crippen molar-refractivity contribution in [3.63, 3.8) is 0 Å². The van der Waals surface area contributed by atoms with Crippen LogP contribution in [0.4, 0.5) is 0 Å². The van der Waals surface area contributed by atoms with E-state index in [1.807, 2.05) is 20.9 Å². The number of ether oxygens (including phenoxy) is 1. The maximum atomic E-state index is 13.0. The number of sulfonamides is 1. The fourth-order valence-corrected chi connectivity index (χ4v) is 4.99. The fourth-order valence-electron chi connectivity index (χ4n) is 3.52. The number of amides is 1. The van der Waals surface area contributed by atoms with Crippen molar-refractivity contribution >= 4 is 15.9 Å². The molecule has 2 atom stereocenters. The molecule has 1 amide bonds. The normalized spacial score (nSPS) is 26.0. The van der Waals surface area contributed by atoms with Gasteiger partial charge in [0, 0.05) is 31.7 Å². The topological polar surface area (TPSA) is 70.2 Å². The van der Waals surface area contributed by atoms with Gasteiger partial charge in [-0.25, -0.2) is 8.42 Å². The maximum Gasteiger partial charge on any atom is 0.254 e. The molecule has 0 aliphatic carbocycles. The van der Waals surface area contributed by atoms with Crippen molar-refractivity contribution in [2.75, 3.05) is 46.4 Å². The molecule has 0 spiro atoms. The molecule has 7 nitrogen and oxygen atoms in total. The van der Waals surface area contributed by atoms with E-state index in [1.54, 1.807) is 23.1 Å². The monoisotopic (exact) mass is 381 g/mol. The van der Waals surface area contributed by atoms with Gasteiger partial charge in [-0.15, -0.1) is 0 Å². The number of benzene rings is 1. The zero-order valence-electron chi connectivity index (χ0n) is 15.6. The second-order valence-corrected chi connectivity index (χ2v) is 9.12. The molecule has 8 heteroatoms. The molecule has 144 valence electrons. The first kappa shape index (κ1) is 19.3. The average molecular weight is 381 g/mol. The van der Waals surface area contributed by atoms with Crippen LogP contribution < -0.4 is 0 Å². The summed E-state index contributed by atoms with van der Waals surface area (Å²) in [7, 11) is -1.61. The highest BCUT2D eigenvalue weighted by atomic mass is 32.2. The van der Waals surface area contributed by atoms with Crippen molar-refractivity contribution in [3.05, 3.63) is 29.8 Å². The molecular weight excluding hydrogens is 354 g/mol. The number of hydrogen-bond donors (Lipinski definition) is 0. The number of carbonyl (C=O) groups excluding carboxylic acids is 1. The first-order chi connectivity index (χ1) is 12.3. The molecule has 2 heterocycles. The van der Waals surface area contributed by atoms with Crippen LogP contribution in [0.1, 0.15) is 24.2 Å². The Labute approximate surface area is 155 Å². The number of piperazine rings is 1. The largest absolute Gasteiger partial charge is 0.377 e. The first-order valence-electron chi connectivity index (χ1n) is 9.00. The van der Waals surface area contributed by atoms with Crippen LogP contribution in [0, 0.1) is 0 Å². The standard InChI is InChI=1S/C18H27N3O4S/c1-14-12-25-13-15(2)21(14)18(22)16-5-4-6-17(11-16)26(23,24)20-9-7-19(3)8-10-20/h4-6,11,14-15H,7-10,12-13H2,1-3H3. The molecule has 2 fully saturated rings. The predicted molar refractivity (Wildman–Crippen MR) is 98.6 cm³/mol. The minimum Gasteiger partial charge on any atom is -0.377 e. The minimum atomic E-state index is -3.59. The van der Waals surface area contributed by atoms with Crippen LogP contribution >= 0.6 is 0 Å². The van der Waals surface area contributed by atoms with E-state index in [0.717, 1.165) is 0 Å². The second kappa shape index (κ2) is 7.64. The molecule has 0 saturated carbocycles. The summed E-state index contributed by atoms with van der Waals surface area (Å²) in [4.78, 5) is 17.0. The molecule has 2 unspecified atom stereocenters. The summed E-state index contributed by atoms with van der Waals surface area (Å²) in [6.45, 7) is 7.23. The lowest BCUT2D eigenvalue weighted by Crippen LogP contribution is -2.52. The third-order valence-corrected chi connectivity index (χ3v) is 6.98. The molecule has 3 rings (SSSR count). The van der Waals surface area contributed by atoms with Crippen molar-refractivity contribution in [2.24, 2.45) is 0 Å². The third-order valence-electron chi connectivity index (χ3n) is 5.08. The SMILES string of the molecule is CC1COCC(C)N1C(=O)c1cccc(S(=O)(=O)N2CCN(C)CC2)c1. The Bertz CT molecular complexity index is 749. The smallest absolute Gasteiger partial charge is 0.254 e.